The number of aryl methyl sites for hydroxylation is 1. The third-order valence-electron chi connectivity index (χ3n) is 2.12. The number of rotatable bonds is 0. The number of nitrogens with zero attached hydrogens (tertiary/aromatic N) is 2. The number of hydrogen-bond donors (Lipinski definition) is 1. The van der Waals surface area contributed by atoms with Gasteiger partial charge in [0.25, 0.3) is 0 Å². The maximum absolute atomic E-state index is 5.77. The molecule has 0 atom stereocenters. The molecule has 0 saturated heterocycles. The van der Waals surface area contributed by atoms with E-state index in [1.54, 1.807) is 4.68 Å². The average molecular weight is 250 g/mol. The molecule has 3 nitrogen and oxygen atoms in total. The Morgan fingerprint density at radius 3 is 2.93 bits per heavy atom. The van der Waals surface area contributed by atoms with Crippen molar-refractivity contribution in [1.82, 2.24) is 9.78 Å². The third kappa shape index (κ3) is 1.10. The summed E-state index contributed by atoms with van der Waals surface area (Å²) in [5.74, 6) is 3.07. The van der Waals surface area contributed by atoms with E-state index in [-0.39, 0.29) is 0 Å². The maximum Gasteiger partial charge on any atom is 0.154 e. The van der Waals surface area contributed by atoms with Gasteiger partial charge < -0.3 is 5.73 Å². The van der Waals surface area contributed by atoms with Gasteiger partial charge in [-0.15, -0.1) is 6.42 Å². The average Bonchev–Trinajstić information content (AvgIpc) is 2.44. The number of fused-ring (bicyclic) bond motifs is 1. The van der Waals surface area contributed by atoms with Gasteiger partial charge in [-0.25, -0.2) is 0 Å². The summed E-state index contributed by atoms with van der Waals surface area (Å²) in [6, 6.07) is 3.75. The van der Waals surface area contributed by atoms with Crippen molar-refractivity contribution in [2.24, 2.45) is 7.05 Å². The molecule has 14 heavy (non-hydrogen) atoms. The first kappa shape index (κ1) is 9.10. The highest BCUT2D eigenvalue weighted by Gasteiger charge is 2.11. The van der Waals surface area contributed by atoms with Gasteiger partial charge in [-0.1, -0.05) is 5.92 Å². The fourth-order valence-corrected chi connectivity index (χ4v) is 2.11. The summed E-state index contributed by atoms with van der Waals surface area (Å²) in [4.78, 5) is 0. The van der Waals surface area contributed by atoms with Gasteiger partial charge >= 0.3 is 0 Å². The zero-order chi connectivity index (χ0) is 10.3. The molecule has 1 heterocycles. The summed E-state index contributed by atoms with van der Waals surface area (Å²) >= 11 is 3.44. The molecule has 1 aromatic heterocycles. The van der Waals surface area contributed by atoms with Crippen molar-refractivity contribution in [2.45, 2.75) is 0 Å². The Labute approximate surface area is 90.0 Å². The SMILES string of the molecule is C#Cc1ccc(Br)c2c1c(N)nn2C. The highest BCUT2D eigenvalue weighted by atomic mass is 79.9. The quantitative estimate of drug-likeness (QED) is 0.725. The standard InChI is InChI=1S/C10H8BrN3/c1-3-6-4-5-7(11)9-8(6)10(12)13-14(9)2/h1,4-5H,2H3,(H2,12,13). The fourth-order valence-electron chi connectivity index (χ4n) is 1.52. The van der Waals surface area contributed by atoms with Crippen LogP contribution in [0, 0.1) is 12.3 Å². The van der Waals surface area contributed by atoms with Crippen LogP contribution in [0.1, 0.15) is 5.56 Å². The minimum absolute atomic E-state index is 0.469. The molecular formula is C10H8BrN3. The molecule has 2 N–H and O–H groups in total. The molecule has 1 aromatic carbocycles. The van der Waals surface area contributed by atoms with E-state index < -0.39 is 0 Å². The first-order valence-corrected chi connectivity index (χ1v) is 4.81. The molecule has 0 fully saturated rings. The van der Waals surface area contributed by atoms with Gasteiger partial charge in [-0.2, -0.15) is 5.10 Å². The molecule has 0 aliphatic heterocycles. The lowest BCUT2D eigenvalue weighted by atomic mass is 10.1. The summed E-state index contributed by atoms with van der Waals surface area (Å²) in [6.45, 7) is 0. The Bertz CT molecular complexity index is 548. The molecule has 4 heteroatoms. The van der Waals surface area contributed by atoms with Crippen LogP contribution in [0.3, 0.4) is 0 Å². The van der Waals surface area contributed by atoms with E-state index in [0.29, 0.717) is 5.82 Å². The molecule has 0 aliphatic rings. The first-order chi connectivity index (χ1) is 6.65. The zero-order valence-corrected chi connectivity index (χ0v) is 9.17. The van der Waals surface area contributed by atoms with Gasteiger partial charge in [0.15, 0.2) is 5.82 Å². The van der Waals surface area contributed by atoms with Gasteiger partial charge in [0.1, 0.15) is 0 Å². The smallest absolute Gasteiger partial charge is 0.154 e. The van der Waals surface area contributed by atoms with Crippen LogP contribution in [0.5, 0.6) is 0 Å². The number of nitrogens with two attached hydrogens (primary N) is 1. The second kappa shape index (κ2) is 3.03. The number of terminal acetylenes is 1. The number of benzene rings is 1. The summed E-state index contributed by atoms with van der Waals surface area (Å²) in [5.41, 5.74) is 7.47. The molecular weight excluding hydrogens is 242 g/mol. The molecule has 0 amide bonds. The first-order valence-electron chi connectivity index (χ1n) is 4.02. The zero-order valence-electron chi connectivity index (χ0n) is 7.58. The van der Waals surface area contributed by atoms with Crippen molar-refractivity contribution < 1.29 is 0 Å². The van der Waals surface area contributed by atoms with E-state index in [1.165, 1.54) is 0 Å². The lowest BCUT2D eigenvalue weighted by Crippen LogP contribution is -1.91. The lowest BCUT2D eigenvalue weighted by Gasteiger charge is -1.99. The fraction of sp³-hybridized carbons (Fsp3) is 0.100. The summed E-state index contributed by atoms with van der Waals surface area (Å²) < 4.78 is 2.66. The number of hydrogen-bond acceptors (Lipinski definition) is 2. The minimum atomic E-state index is 0.469. The molecule has 0 radical (unpaired) electrons. The van der Waals surface area contributed by atoms with E-state index in [0.717, 1.165) is 20.9 Å². The number of aromatic nitrogens is 2. The largest absolute Gasteiger partial charge is 0.382 e. The predicted octanol–water partition coefficient (Wildman–Crippen LogP) is 1.90. The van der Waals surface area contributed by atoms with Crippen LogP contribution < -0.4 is 5.73 Å². The monoisotopic (exact) mass is 249 g/mol. The highest BCUT2D eigenvalue weighted by Crippen LogP contribution is 2.29. The van der Waals surface area contributed by atoms with Crippen LogP contribution in [-0.4, -0.2) is 9.78 Å². The second-order valence-corrected chi connectivity index (χ2v) is 3.83. The Kier molecular flexibility index (Phi) is 1.97. The van der Waals surface area contributed by atoms with Crippen molar-refractivity contribution in [3.05, 3.63) is 22.2 Å². The van der Waals surface area contributed by atoms with Gasteiger partial charge in [0, 0.05) is 17.1 Å². The van der Waals surface area contributed by atoms with Crippen molar-refractivity contribution in [2.75, 3.05) is 5.73 Å². The molecule has 0 unspecified atom stereocenters. The molecule has 2 aromatic rings. The number of nitrogen functional groups attached to an aromatic ring is 1. The lowest BCUT2D eigenvalue weighted by molar-refractivity contribution is 0.800. The Morgan fingerprint density at radius 1 is 1.57 bits per heavy atom. The maximum atomic E-state index is 5.77. The second-order valence-electron chi connectivity index (χ2n) is 2.97. The highest BCUT2D eigenvalue weighted by molar-refractivity contribution is 9.10. The molecule has 0 spiro atoms. The Morgan fingerprint density at radius 2 is 2.29 bits per heavy atom. The Balaban J connectivity index is 3.04. The van der Waals surface area contributed by atoms with Gasteiger partial charge in [0.05, 0.1) is 10.9 Å². The topological polar surface area (TPSA) is 43.8 Å². The van der Waals surface area contributed by atoms with E-state index in [4.69, 9.17) is 12.2 Å². The summed E-state index contributed by atoms with van der Waals surface area (Å²) in [5, 5.41) is 4.97. The van der Waals surface area contributed by atoms with Gasteiger partial charge in [0.2, 0.25) is 0 Å². The van der Waals surface area contributed by atoms with Crippen LogP contribution >= 0.6 is 15.9 Å². The number of halogens is 1. The van der Waals surface area contributed by atoms with Crippen LogP contribution in [0.25, 0.3) is 10.9 Å². The summed E-state index contributed by atoms with van der Waals surface area (Å²) in [6.07, 6.45) is 5.39. The molecule has 70 valence electrons. The third-order valence-corrected chi connectivity index (χ3v) is 2.76. The van der Waals surface area contributed by atoms with Crippen LogP contribution in [0.4, 0.5) is 5.82 Å². The molecule has 0 aliphatic carbocycles. The molecule has 2 rings (SSSR count). The van der Waals surface area contributed by atoms with Crippen molar-refractivity contribution in [3.8, 4) is 12.3 Å². The predicted molar refractivity (Wildman–Crippen MR) is 60.8 cm³/mol. The summed E-state index contributed by atoms with van der Waals surface area (Å²) in [7, 11) is 1.84. The van der Waals surface area contributed by atoms with E-state index in [2.05, 4.69) is 26.9 Å². The van der Waals surface area contributed by atoms with E-state index >= 15 is 0 Å². The van der Waals surface area contributed by atoms with Crippen molar-refractivity contribution in [1.29, 1.82) is 0 Å². The van der Waals surface area contributed by atoms with Crippen molar-refractivity contribution >= 4 is 32.7 Å². The number of anilines is 1. The van der Waals surface area contributed by atoms with Crippen molar-refractivity contribution in [3.63, 3.8) is 0 Å². The van der Waals surface area contributed by atoms with Gasteiger partial charge in [-0.3, -0.25) is 4.68 Å². The van der Waals surface area contributed by atoms with Crippen LogP contribution in [0.15, 0.2) is 16.6 Å². The minimum Gasteiger partial charge on any atom is -0.382 e. The van der Waals surface area contributed by atoms with E-state index in [1.807, 2.05) is 19.2 Å². The molecule has 0 saturated carbocycles. The molecule has 0 bridgehead atoms. The normalized spacial score (nSPS) is 10.4. The van der Waals surface area contributed by atoms with Crippen LogP contribution in [-0.2, 0) is 7.05 Å². The Hall–Kier alpha value is -1.47. The van der Waals surface area contributed by atoms with Gasteiger partial charge in [-0.05, 0) is 28.1 Å². The van der Waals surface area contributed by atoms with E-state index in [9.17, 15) is 0 Å². The van der Waals surface area contributed by atoms with Crippen LogP contribution in [0.2, 0.25) is 0 Å².